The van der Waals surface area contributed by atoms with Crippen LogP contribution < -0.4 is 0 Å². The minimum absolute atomic E-state index is 0.00660. The van der Waals surface area contributed by atoms with Gasteiger partial charge in [0, 0.05) is 43.1 Å². The van der Waals surface area contributed by atoms with Crippen LogP contribution in [0, 0.1) is 16.7 Å². The molecule has 2 bridgehead atoms. The Kier molecular flexibility index (Phi) is 4.17. The van der Waals surface area contributed by atoms with Crippen molar-refractivity contribution < 1.29 is 31.1 Å². The van der Waals surface area contributed by atoms with Crippen LogP contribution in [0.3, 0.4) is 0 Å². The number of urea groups is 1. The second kappa shape index (κ2) is 6.50. The molecule has 13 heteroatoms. The number of alkyl halides is 6. The minimum atomic E-state index is -4.56. The molecule has 198 valence electrons. The zero-order valence-electron chi connectivity index (χ0n) is 19.9. The van der Waals surface area contributed by atoms with Crippen molar-refractivity contribution in [1.29, 1.82) is 0 Å². The highest BCUT2D eigenvalue weighted by atomic mass is 19.4. The van der Waals surface area contributed by atoms with Gasteiger partial charge < -0.3 is 9.80 Å². The first-order chi connectivity index (χ1) is 16.7. The van der Waals surface area contributed by atoms with Crippen LogP contribution in [0.1, 0.15) is 56.8 Å². The van der Waals surface area contributed by atoms with Crippen LogP contribution in [0.2, 0.25) is 0 Å². The summed E-state index contributed by atoms with van der Waals surface area (Å²) in [6, 6.07) is -0.131. The van der Waals surface area contributed by atoms with Crippen molar-refractivity contribution in [3.05, 3.63) is 12.2 Å². The van der Waals surface area contributed by atoms with E-state index in [2.05, 4.69) is 10.1 Å². The molecule has 1 aromatic rings. The van der Waals surface area contributed by atoms with E-state index in [1.807, 2.05) is 4.90 Å². The lowest BCUT2D eigenvalue weighted by atomic mass is 9.34. The molecule has 0 aromatic carbocycles. The maximum atomic E-state index is 13.5. The highest BCUT2D eigenvalue weighted by molar-refractivity contribution is 5.76. The van der Waals surface area contributed by atoms with Crippen LogP contribution in [-0.2, 0) is 6.18 Å². The molecule has 7 aliphatic rings. The van der Waals surface area contributed by atoms with Crippen LogP contribution in [-0.4, -0.2) is 86.0 Å². The Labute approximate surface area is 203 Å². The van der Waals surface area contributed by atoms with E-state index in [0.717, 1.165) is 25.6 Å². The molecule has 3 heterocycles. The van der Waals surface area contributed by atoms with Gasteiger partial charge in [-0.25, -0.2) is 14.5 Å². The van der Waals surface area contributed by atoms with Crippen molar-refractivity contribution in [2.24, 2.45) is 16.7 Å². The summed E-state index contributed by atoms with van der Waals surface area (Å²) in [6.07, 6.45) is -3.47. The molecular weight excluding hydrogens is 490 g/mol. The smallest absolute Gasteiger partial charge is 0.324 e. The maximum Gasteiger partial charge on any atom is 0.453 e. The van der Waals surface area contributed by atoms with Gasteiger partial charge in [0.2, 0.25) is 0 Å². The molecule has 7 fully saturated rings. The zero-order chi connectivity index (χ0) is 25.5. The molecule has 2 amide bonds. The van der Waals surface area contributed by atoms with Crippen molar-refractivity contribution in [2.45, 2.75) is 74.4 Å². The Hall–Kier alpha value is -2.05. The fourth-order valence-electron chi connectivity index (χ4n) is 8.07. The van der Waals surface area contributed by atoms with Gasteiger partial charge >= 0.3 is 18.4 Å². The summed E-state index contributed by atoms with van der Waals surface area (Å²) in [7, 11) is 1.64. The highest BCUT2D eigenvalue weighted by Gasteiger charge is 2.79. The van der Waals surface area contributed by atoms with Gasteiger partial charge in [-0.05, 0) is 57.4 Å². The topological polar surface area (TPSA) is 57.5 Å². The normalized spacial score (nSPS) is 34.6. The molecule has 7 nitrogen and oxygen atoms in total. The number of likely N-dealkylation sites (tertiary alicyclic amines) is 2. The number of aromatic nitrogens is 3. The first kappa shape index (κ1) is 23.1. The third kappa shape index (κ3) is 2.89. The molecule has 1 spiro atoms. The van der Waals surface area contributed by atoms with E-state index < -0.39 is 23.7 Å². The van der Waals surface area contributed by atoms with Gasteiger partial charge in [-0.3, -0.25) is 4.90 Å². The Morgan fingerprint density at radius 1 is 1.03 bits per heavy atom. The van der Waals surface area contributed by atoms with E-state index in [-0.39, 0.29) is 41.3 Å². The fourth-order valence-corrected chi connectivity index (χ4v) is 8.07. The second-order valence-corrected chi connectivity index (χ2v) is 12.6. The Bertz CT molecular complexity index is 1090. The number of nitrogens with zero attached hydrogens (tertiary/aromatic N) is 6. The summed E-state index contributed by atoms with van der Waals surface area (Å²) < 4.78 is 80.1. The van der Waals surface area contributed by atoms with Gasteiger partial charge in [-0.15, -0.1) is 5.10 Å². The van der Waals surface area contributed by atoms with E-state index >= 15 is 0 Å². The van der Waals surface area contributed by atoms with Crippen molar-refractivity contribution in [1.82, 2.24) is 29.5 Å². The van der Waals surface area contributed by atoms with Gasteiger partial charge in [0.25, 0.3) is 5.82 Å². The van der Waals surface area contributed by atoms with E-state index in [9.17, 15) is 31.1 Å². The van der Waals surface area contributed by atoms with Gasteiger partial charge in [-0.2, -0.15) is 26.3 Å². The van der Waals surface area contributed by atoms with Crippen LogP contribution in [0.4, 0.5) is 31.1 Å². The molecule has 2 saturated heterocycles. The molecule has 0 unspecified atom stereocenters. The number of carbonyl (C=O) groups is 1. The van der Waals surface area contributed by atoms with Crippen LogP contribution >= 0.6 is 0 Å². The standard InChI is InChI=1S/C23H28F6N6O/c1-32(21(2-3-21)23(27,28)29)20-8-19(9-20,10-20)14-6-33(7-14)17(36)34-11-18(12-34)4-15(5-18)35-13-30-16(31-35)22(24,25)26/h13-15H,2-12H2,1H3. The average Bonchev–Trinajstić information content (AvgIpc) is 3.29. The summed E-state index contributed by atoms with van der Waals surface area (Å²) in [5.41, 5.74) is -1.88. The lowest BCUT2D eigenvalue weighted by Gasteiger charge is -2.78. The van der Waals surface area contributed by atoms with E-state index in [1.165, 1.54) is 4.68 Å². The number of hydrogen-bond donors (Lipinski definition) is 0. The van der Waals surface area contributed by atoms with Crippen molar-refractivity contribution >= 4 is 6.03 Å². The van der Waals surface area contributed by atoms with Crippen molar-refractivity contribution in [3.8, 4) is 0 Å². The van der Waals surface area contributed by atoms with Crippen molar-refractivity contribution in [3.63, 3.8) is 0 Å². The molecule has 0 radical (unpaired) electrons. The quantitative estimate of drug-likeness (QED) is 0.567. The molecular formula is C23H28F6N6O. The predicted molar refractivity (Wildman–Crippen MR) is 113 cm³/mol. The highest BCUT2D eigenvalue weighted by Crippen LogP contribution is 2.76. The first-order valence-corrected chi connectivity index (χ1v) is 12.5. The number of carbonyl (C=O) groups excluding carboxylic acids is 1. The zero-order valence-corrected chi connectivity index (χ0v) is 19.9. The molecule has 36 heavy (non-hydrogen) atoms. The number of amides is 2. The molecule has 1 aromatic heterocycles. The Morgan fingerprint density at radius 3 is 2.14 bits per heavy atom. The molecule has 2 aliphatic heterocycles. The predicted octanol–water partition coefficient (Wildman–Crippen LogP) is 3.94. The Balaban J connectivity index is 0.867. The second-order valence-electron chi connectivity index (χ2n) is 12.6. The lowest BCUT2D eigenvalue weighted by molar-refractivity contribution is -0.300. The largest absolute Gasteiger partial charge is 0.453 e. The van der Waals surface area contributed by atoms with E-state index in [4.69, 9.17) is 0 Å². The molecule has 8 rings (SSSR count). The summed E-state index contributed by atoms with van der Waals surface area (Å²) in [6.45, 7) is 2.52. The summed E-state index contributed by atoms with van der Waals surface area (Å²) >= 11 is 0. The molecule has 5 saturated carbocycles. The SMILES string of the molecule is CN(C12CC(C3CN(C(=O)N4CC5(CC(n6cnc(C(F)(F)F)n6)C5)C4)C3)(C1)C2)C1(C(F)(F)F)CC1. The van der Waals surface area contributed by atoms with Gasteiger partial charge in [0.15, 0.2) is 0 Å². The Morgan fingerprint density at radius 2 is 1.64 bits per heavy atom. The average molecular weight is 519 g/mol. The number of halogens is 6. The molecule has 0 atom stereocenters. The third-order valence-electron chi connectivity index (χ3n) is 10.5. The fraction of sp³-hybridized carbons (Fsp3) is 0.870. The third-order valence-corrected chi connectivity index (χ3v) is 10.5. The summed E-state index contributed by atoms with van der Waals surface area (Å²) in [5.74, 6) is -0.772. The van der Waals surface area contributed by atoms with Gasteiger partial charge in [-0.1, -0.05) is 0 Å². The maximum absolute atomic E-state index is 13.5. The van der Waals surface area contributed by atoms with Gasteiger partial charge in [0.05, 0.1) is 6.04 Å². The first-order valence-electron chi connectivity index (χ1n) is 12.5. The minimum Gasteiger partial charge on any atom is -0.324 e. The van der Waals surface area contributed by atoms with E-state index in [1.54, 1.807) is 16.8 Å². The van der Waals surface area contributed by atoms with E-state index in [0.29, 0.717) is 44.9 Å². The summed E-state index contributed by atoms with van der Waals surface area (Å²) in [4.78, 5) is 21.5. The number of rotatable bonds is 4. The molecule has 0 N–H and O–H groups in total. The number of hydrogen-bond acceptors (Lipinski definition) is 4. The molecule has 5 aliphatic carbocycles. The lowest BCUT2D eigenvalue weighted by Crippen LogP contribution is -2.81. The van der Waals surface area contributed by atoms with Crippen LogP contribution in [0.5, 0.6) is 0 Å². The monoisotopic (exact) mass is 518 g/mol. The van der Waals surface area contributed by atoms with Crippen LogP contribution in [0.25, 0.3) is 0 Å². The van der Waals surface area contributed by atoms with Gasteiger partial charge in [0.1, 0.15) is 11.9 Å². The summed E-state index contributed by atoms with van der Waals surface area (Å²) in [5, 5.41) is 3.56. The van der Waals surface area contributed by atoms with Crippen LogP contribution in [0.15, 0.2) is 6.33 Å². The van der Waals surface area contributed by atoms with Crippen molar-refractivity contribution in [2.75, 3.05) is 33.2 Å².